The second-order valence-corrected chi connectivity index (χ2v) is 6.26. The molecule has 7 nitrogen and oxygen atoms in total. The van der Waals surface area contributed by atoms with Crippen molar-refractivity contribution in [3.63, 3.8) is 0 Å². The summed E-state index contributed by atoms with van der Waals surface area (Å²) in [5.41, 5.74) is 0.600. The topological polar surface area (TPSA) is 75.2 Å². The second-order valence-electron chi connectivity index (χ2n) is 6.26. The minimum Gasteiger partial charge on any atom is -0.378 e. The third-order valence-electron chi connectivity index (χ3n) is 4.20. The lowest BCUT2D eigenvalue weighted by molar-refractivity contribution is 0.122. The molecule has 4 rings (SSSR count). The number of hydrogen-bond donors (Lipinski definition) is 2. The summed E-state index contributed by atoms with van der Waals surface area (Å²) in [5, 5.41) is 5.73. The first-order chi connectivity index (χ1) is 14.1. The monoisotopic (exact) mass is 402 g/mol. The molecule has 0 unspecified atom stereocenters. The molecule has 3 aromatic rings. The van der Waals surface area contributed by atoms with Gasteiger partial charge in [0.15, 0.2) is 0 Å². The number of rotatable bonds is 5. The van der Waals surface area contributed by atoms with Crippen molar-refractivity contribution in [3.8, 4) is 0 Å². The van der Waals surface area contributed by atoms with Crippen LogP contribution in [0, 0.1) is 17.5 Å². The third-order valence-corrected chi connectivity index (χ3v) is 4.20. The molecular formula is C19H17F3N6O. The van der Waals surface area contributed by atoms with E-state index in [2.05, 4.69) is 25.6 Å². The highest BCUT2D eigenvalue weighted by Gasteiger charge is 2.17. The van der Waals surface area contributed by atoms with Crippen molar-refractivity contribution in [2.45, 2.75) is 0 Å². The number of benzene rings is 2. The molecule has 2 heterocycles. The Labute approximate surface area is 164 Å². The van der Waals surface area contributed by atoms with Crippen LogP contribution in [0.1, 0.15) is 0 Å². The van der Waals surface area contributed by atoms with E-state index in [0.29, 0.717) is 37.9 Å². The van der Waals surface area contributed by atoms with Crippen LogP contribution >= 0.6 is 0 Å². The van der Waals surface area contributed by atoms with Crippen molar-refractivity contribution in [2.75, 3.05) is 41.8 Å². The maximum absolute atomic E-state index is 14.0. The molecule has 1 aliphatic heterocycles. The third kappa shape index (κ3) is 4.72. The number of morpholine rings is 1. The van der Waals surface area contributed by atoms with Gasteiger partial charge < -0.3 is 20.3 Å². The molecule has 2 aromatic carbocycles. The minimum absolute atomic E-state index is 0.0262. The first-order valence-corrected chi connectivity index (χ1v) is 8.90. The molecular weight excluding hydrogens is 385 g/mol. The maximum atomic E-state index is 14.0. The summed E-state index contributed by atoms with van der Waals surface area (Å²) in [6, 6.07) is 8.85. The quantitative estimate of drug-likeness (QED) is 0.675. The summed E-state index contributed by atoms with van der Waals surface area (Å²) in [7, 11) is 0. The van der Waals surface area contributed by atoms with Crippen LogP contribution in [0.4, 0.5) is 42.4 Å². The van der Waals surface area contributed by atoms with Gasteiger partial charge in [-0.2, -0.15) is 15.0 Å². The molecule has 0 aliphatic carbocycles. The zero-order chi connectivity index (χ0) is 20.2. The van der Waals surface area contributed by atoms with Crippen LogP contribution in [-0.2, 0) is 4.74 Å². The van der Waals surface area contributed by atoms with Gasteiger partial charge in [0.1, 0.15) is 17.5 Å². The Morgan fingerprint density at radius 3 is 2.14 bits per heavy atom. The normalized spacial score (nSPS) is 14.0. The van der Waals surface area contributed by atoms with Crippen LogP contribution in [0.3, 0.4) is 0 Å². The number of hydrogen-bond acceptors (Lipinski definition) is 7. The van der Waals surface area contributed by atoms with Crippen molar-refractivity contribution < 1.29 is 17.9 Å². The van der Waals surface area contributed by atoms with Crippen molar-refractivity contribution in [1.82, 2.24) is 15.0 Å². The van der Waals surface area contributed by atoms with E-state index in [4.69, 9.17) is 4.74 Å². The molecule has 0 amide bonds. The van der Waals surface area contributed by atoms with Crippen LogP contribution in [-0.4, -0.2) is 41.3 Å². The van der Waals surface area contributed by atoms with Crippen molar-refractivity contribution in [3.05, 3.63) is 59.9 Å². The van der Waals surface area contributed by atoms with Crippen molar-refractivity contribution in [2.24, 2.45) is 0 Å². The molecule has 2 N–H and O–H groups in total. The highest BCUT2D eigenvalue weighted by Crippen LogP contribution is 2.23. The summed E-state index contributed by atoms with van der Waals surface area (Å²) in [4.78, 5) is 14.9. The fourth-order valence-corrected chi connectivity index (χ4v) is 2.75. The average Bonchev–Trinajstić information content (AvgIpc) is 2.72. The Hall–Kier alpha value is -3.40. The predicted octanol–water partition coefficient (Wildman–Crippen LogP) is 3.61. The highest BCUT2D eigenvalue weighted by atomic mass is 19.1. The van der Waals surface area contributed by atoms with Gasteiger partial charge in [-0.1, -0.05) is 0 Å². The van der Waals surface area contributed by atoms with E-state index < -0.39 is 11.6 Å². The van der Waals surface area contributed by atoms with E-state index in [0.717, 1.165) is 12.1 Å². The lowest BCUT2D eigenvalue weighted by atomic mass is 10.3. The second kappa shape index (κ2) is 8.31. The van der Waals surface area contributed by atoms with Gasteiger partial charge in [0.2, 0.25) is 17.8 Å². The molecule has 150 valence electrons. The zero-order valence-electron chi connectivity index (χ0n) is 15.2. The van der Waals surface area contributed by atoms with E-state index in [1.807, 2.05) is 4.90 Å². The Morgan fingerprint density at radius 1 is 0.793 bits per heavy atom. The van der Waals surface area contributed by atoms with Crippen LogP contribution in [0.15, 0.2) is 42.5 Å². The van der Waals surface area contributed by atoms with Gasteiger partial charge in [-0.25, -0.2) is 13.2 Å². The van der Waals surface area contributed by atoms with E-state index in [-0.39, 0.29) is 23.4 Å². The first kappa shape index (κ1) is 18.9. The Kier molecular flexibility index (Phi) is 5.43. The summed E-state index contributed by atoms with van der Waals surface area (Å²) < 4.78 is 45.7. The van der Waals surface area contributed by atoms with Crippen molar-refractivity contribution >= 4 is 29.2 Å². The molecule has 1 aliphatic rings. The summed E-state index contributed by atoms with van der Waals surface area (Å²) in [5.74, 6) is -1.18. The standard InChI is InChI=1S/C19H17F3N6O/c20-12-1-4-14(5-2-12)23-17-25-18(24-16-6-3-13(21)11-15(16)22)27-19(26-17)28-7-9-29-10-8-28/h1-6,11H,7-10H2,(H2,23,24,25,26,27). The van der Waals surface area contributed by atoms with Gasteiger partial charge in [-0.15, -0.1) is 0 Å². The average molecular weight is 402 g/mol. The number of nitrogens with one attached hydrogen (secondary N) is 2. The van der Waals surface area contributed by atoms with Gasteiger partial charge in [0, 0.05) is 24.8 Å². The van der Waals surface area contributed by atoms with Crippen LogP contribution < -0.4 is 15.5 Å². The number of anilines is 5. The molecule has 0 spiro atoms. The maximum Gasteiger partial charge on any atom is 0.233 e. The molecule has 0 radical (unpaired) electrons. The van der Waals surface area contributed by atoms with Gasteiger partial charge >= 0.3 is 0 Å². The van der Waals surface area contributed by atoms with Crippen LogP contribution in [0.2, 0.25) is 0 Å². The van der Waals surface area contributed by atoms with E-state index in [1.54, 1.807) is 12.1 Å². The highest BCUT2D eigenvalue weighted by molar-refractivity contribution is 5.59. The number of ether oxygens (including phenoxy) is 1. The smallest absolute Gasteiger partial charge is 0.233 e. The zero-order valence-corrected chi connectivity index (χ0v) is 15.2. The van der Waals surface area contributed by atoms with E-state index >= 15 is 0 Å². The van der Waals surface area contributed by atoms with E-state index in [9.17, 15) is 13.2 Å². The molecule has 29 heavy (non-hydrogen) atoms. The Bertz CT molecular complexity index is 996. The van der Waals surface area contributed by atoms with Crippen LogP contribution in [0.25, 0.3) is 0 Å². The molecule has 0 atom stereocenters. The summed E-state index contributed by atoms with van der Waals surface area (Å²) in [6.07, 6.45) is 0. The van der Waals surface area contributed by atoms with Crippen molar-refractivity contribution in [1.29, 1.82) is 0 Å². The van der Waals surface area contributed by atoms with Gasteiger partial charge in [-0.05, 0) is 36.4 Å². The lowest BCUT2D eigenvalue weighted by Gasteiger charge is -2.27. The molecule has 0 saturated carbocycles. The summed E-state index contributed by atoms with van der Waals surface area (Å²) in [6.45, 7) is 2.23. The molecule has 1 saturated heterocycles. The van der Waals surface area contributed by atoms with E-state index in [1.165, 1.54) is 18.2 Å². The summed E-state index contributed by atoms with van der Waals surface area (Å²) >= 11 is 0. The molecule has 10 heteroatoms. The number of aromatic nitrogens is 3. The Balaban J connectivity index is 1.66. The largest absolute Gasteiger partial charge is 0.378 e. The molecule has 1 aromatic heterocycles. The van der Waals surface area contributed by atoms with Crippen LogP contribution in [0.5, 0.6) is 0 Å². The molecule has 1 fully saturated rings. The van der Waals surface area contributed by atoms with Gasteiger partial charge in [-0.3, -0.25) is 0 Å². The minimum atomic E-state index is -0.772. The predicted molar refractivity (Wildman–Crippen MR) is 102 cm³/mol. The first-order valence-electron chi connectivity index (χ1n) is 8.90. The fraction of sp³-hybridized carbons (Fsp3) is 0.211. The SMILES string of the molecule is Fc1ccc(Nc2nc(Nc3ccc(F)cc3F)nc(N3CCOCC3)n2)cc1. The molecule has 0 bridgehead atoms. The van der Waals surface area contributed by atoms with Gasteiger partial charge in [0.25, 0.3) is 0 Å². The number of halogens is 3. The lowest BCUT2D eigenvalue weighted by Crippen LogP contribution is -2.37. The Morgan fingerprint density at radius 2 is 1.45 bits per heavy atom. The van der Waals surface area contributed by atoms with Gasteiger partial charge in [0.05, 0.1) is 18.9 Å². The number of nitrogens with zero attached hydrogens (tertiary/aromatic N) is 4. The fourth-order valence-electron chi connectivity index (χ4n) is 2.75.